The monoisotopic (exact) mass is 274 g/mol. The minimum absolute atomic E-state index is 0.0196. The third kappa shape index (κ3) is 2.35. The summed E-state index contributed by atoms with van der Waals surface area (Å²) in [5.74, 6) is 0.912. The Labute approximate surface area is 117 Å². The standard InChI is InChI=1S/C15H18N2O3/c1-17-12-9-11(16-15(19)10-3-2-4-10)5-6-13(12)20-8-7-14(17)18/h5-6,9-10H,2-4,7-8H2,1H3,(H,16,19). The molecule has 5 heteroatoms. The second-order valence-electron chi connectivity index (χ2n) is 5.35. The summed E-state index contributed by atoms with van der Waals surface area (Å²) >= 11 is 0. The SMILES string of the molecule is CN1C(=O)CCOc2ccc(NC(=O)C3CCC3)cc21. The number of benzene rings is 1. The second-order valence-corrected chi connectivity index (χ2v) is 5.35. The first kappa shape index (κ1) is 13.0. The molecule has 0 unspecified atom stereocenters. The van der Waals surface area contributed by atoms with Gasteiger partial charge >= 0.3 is 0 Å². The molecule has 1 heterocycles. The van der Waals surface area contributed by atoms with Gasteiger partial charge < -0.3 is 15.0 Å². The van der Waals surface area contributed by atoms with E-state index < -0.39 is 0 Å². The maximum atomic E-state index is 12.0. The van der Waals surface area contributed by atoms with Gasteiger partial charge in [0.15, 0.2) is 0 Å². The smallest absolute Gasteiger partial charge is 0.230 e. The molecule has 0 atom stereocenters. The molecule has 1 fully saturated rings. The van der Waals surface area contributed by atoms with Crippen molar-refractivity contribution >= 4 is 23.2 Å². The van der Waals surface area contributed by atoms with Crippen LogP contribution in [0.3, 0.4) is 0 Å². The van der Waals surface area contributed by atoms with Crippen LogP contribution in [-0.4, -0.2) is 25.5 Å². The topological polar surface area (TPSA) is 58.6 Å². The Kier molecular flexibility index (Phi) is 3.34. The van der Waals surface area contributed by atoms with Crippen LogP contribution in [0.2, 0.25) is 0 Å². The van der Waals surface area contributed by atoms with Crippen LogP contribution in [0.1, 0.15) is 25.7 Å². The predicted molar refractivity (Wildman–Crippen MR) is 75.9 cm³/mol. The summed E-state index contributed by atoms with van der Waals surface area (Å²) in [5, 5.41) is 2.92. The average Bonchev–Trinajstić information content (AvgIpc) is 2.49. The molecule has 1 N–H and O–H groups in total. The summed E-state index contributed by atoms with van der Waals surface area (Å²) in [6, 6.07) is 5.43. The van der Waals surface area contributed by atoms with Gasteiger partial charge in [-0.25, -0.2) is 0 Å². The van der Waals surface area contributed by atoms with Crippen LogP contribution < -0.4 is 15.0 Å². The molecule has 2 amide bonds. The van der Waals surface area contributed by atoms with E-state index in [1.165, 1.54) is 0 Å². The van der Waals surface area contributed by atoms with E-state index in [1.807, 2.05) is 6.07 Å². The second kappa shape index (κ2) is 5.15. The van der Waals surface area contributed by atoms with Crippen LogP contribution >= 0.6 is 0 Å². The summed E-state index contributed by atoms with van der Waals surface area (Å²) in [4.78, 5) is 25.4. The maximum Gasteiger partial charge on any atom is 0.230 e. The van der Waals surface area contributed by atoms with Gasteiger partial charge in [0.1, 0.15) is 5.75 Å². The third-order valence-corrected chi connectivity index (χ3v) is 4.01. The average molecular weight is 274 g/mol. The molecule has 106 valence electrons. The van der Waals surface area contributed by atoms with Gasteiger partial charge in [0.05, 0.1) is 18.7 Å². The lowest BCUT2D eigenvalue weighted by Crippen LogP contribution is -2.28. The van der Waals surface area contributed by atoms with Crippen molar-refractivity contribution in [2.45, 2.75) is 25.7 Å². The molecule has 1 aromatic carbocycles. The molecule has 0 bridgehead atoms. The number of rotatable bonds is 2. The zero-order valence-corrected chi connectivity index (χ0v) is 11.5. The number of nitrogens with one attached hydrogen (secondary N) is 1. The number of anilines is 2. The lowest BCUT2D eigenvalue weighted by atomic mass is 9.85. The molecule has 1 aliphatic carbocycles. The number of carbonyl (C=O) groups is 2. The van der Waals surface area contributed by atoms with Gasteiger partial charge in [-0.05, 0) is 31.0 Å². The van der Waals surface area contributed by atoms with Crippen molar-refractivity contribution in [2.24, 2.45) is 5.92 Å². The molecule has 1 saturated carbocycles. The van der Waals surface area contributed by atoms with Crippen molar-refractivity contribution in [1.29, 1.82) is 0 Å². The minimum atomic E-state index is 0.0196. The minimum Gasteiger partial charge on any atom is -0.491 e. The first-order chi connectivity index (χ1) is 9.65. The number of hydrogen-bond donors (Lipinski definition) is 1. The van der Waals surface area contributed by atoms with Crippen LogP contribution in [0.5, 0.6) is 5.75 Å². The van der Waals surface area contributed by atoms with E-state index in [1.54, 1.807) is 24.1 Å². The Morgan fingerprint density at radius 2 is 2.20 bits per heavy atom. The number of hydrogen-bond acceptors (Lipinski definition) is 3. The third-order valence-electron chi connectivity index (χ3n) is 4.01. The molecular formula is C15H18N2O3. The van der Waals surface area contributed by atoms with Gasteiger partial charge in [0, 0.05) is 18.7 Å². The van der Waals surface area contributed by atoms with Crippen LogP contribution in [0, 0.1) is 5.92 Å². The summed E-state index contributed by atoms with van der Waals surface area (Å²) in [7, 11) is 1.73. The Hall–Kier alpha value is -2.04. The number of nitrogens with zero attached hydrogens (tertiary/aromatic N) is 1. The van der Waals surface area contributed by atoms with Crippen molar-refractivity contribution in [1.82, 2.24) is 0 Å². The van der Waals surface area contributed by atoms with Gasteiger partial charge in [-0.15, -0.1) is 0 Å². The highest BCUT2D eigenvalue weighted by Gasteiger charge is 2.26. The molecule has 0 spiro atoms. The Bertz CT molecular complexity index is 552. The Morgan fingerprint density at radius 1 is 1.40 bits per heavy atom. The summed E-state index contributed by atoms with van der Waals surface area (Å²) < 4.78 is 5.55. The maximum absolute atomic E-state index is 12.0. The summed E-state index contributed by atoms with van der Waals surface area (Å²) in [6.07, 6.45) is 3.44. The fraction of sp³-hybridized carbons (Fsp3) is 0.467. The fourth-order valence-electron chi connectivity index (χ4n) is 2.44. The number of amides is 2. The van der Waals surface area contributed by atoms with E-state index in [-0.39, 0.29) is 17.7 Å². The van der Waals surface area contributed by atoms with Crippen LogP contribution in [0.25, 0.3) is 0 Å². The van der Waals surface area contributed by atoms with Crippen molar-refractivity contribution < 1.29 is 14.3 Å². The first-order valence-corrected chi connectivity index (χ1v) is 6.99. The van der Waals surface area contributed by atoms with Gasteiger partial charge in [-0.1, -0.05) is 6.42 Å². The van der Waals surface area contributed by atoms with Crippen LogP contribution in [0.4, 0.5) is 11.4 Å². The highest BCUT2D eigenvalue weighted by Crippen LogP contribution is 2.34. The zero-order valence-electron chi connectivity index (χ0n) is 11.5. The van der Waals surface area contributed by atoms with E-state index in [4.69, 9.17) is 4.74 Å². The first-order valence-electron chi connectivity index (χ1n) is 6.99. The van der Waals surface area contributed by atoms with E-state index in [0.29, 0.717) is 30.2 Å². The lowest BCUT2D eigenvalue weighted by molar-refractivity contribution is -0.122. The quantitative estimate of drug-likeness (QED) is 0.899. The Balaban J connectivity index is 1.82. The van der Waals surface area contributed by atoms with Gasteiger partial charge in [-0.2, -0.15) is 0 Å². The Morgan fingerprint density at radius 3 is 2.90 bits per heavy atom. The van der Waals surface area contributed by atoms with Gasteiger partial charge in [-0.3, -0.25) is 9.59 Å². The van der Waals surface area contributed by atoms with Crippen molar-refractivity contribution in [3.8, 4) is 5.75 Å². The van der Waals surface area contributed by atoms with Crippen LogP contribution in [-0.2, 0) is 9.59 Å². The molecule has 2 aliphatic rings. The molecule has 20 heavy (non-hydrogen) atoms. The van der Waals surface area contributed by atoms with Gasteiger partial charge in [0.25, 0.3) is 0 Å². The van der Waals surface area contributed by atoms with E-state index in [2.05, 4.69) is 5.32 Å². The fourth-order valence-corrected chi connectivity index (χ4v) is 2.44. The van der Waals surface area contributed by atoms with Crippen molar-refractivity contribution in [3.63, 3.8) is 0 Å². The highest BCUT2D eigenvalue weighted by molar-refractivity contribution is 5.98. The molecule has 0 saturated heterocycles. The summed E-state index contributed by atoms with van der Waals surface area (Å²) in [6.45, 7) is 0.393. The number of fused-ring (bicyclic) bond motifs is 1. The summed E-state index contributed by atoms with van der Waals surface area (Å²) in [5.41, 5.74) is 1.42. The highest BCUT2D eigenvalue weighted by atomic mass is 16.5. The van der Waals surface area contributed by atoms with E-state index in [0.717, 1.165) is 19.3 Å². The zero-order chi connectivity index (χ0) is 14.1. The normalized spacial score (nSPS) is 18.6. The molecule has 1 aromatic rings. The molecule has 0 aromatic heterocycles. The van der Waals surface area contributed by atoms with Gasteiger partial charge in [0.2, 0.25) is 11.8 Å². The molecular weight excluding hydrogens is 256 g/mol. The van der Waals surface area contributed by atoms with Crippen molar-refractivity contribution in [3.05, 3.63) is 18.2 Å². The number of carbonyl (C=O) groups excluding carboxylic acids is 2. The van der Waals surface area contributed by atoms with Crippen LogP contribution in [0.15, 0.2) is 18.2 Å². The molecule has 1 aliphatic heterocycles. The van der Waals surface area contributed by atoms with E-state index in [9.17, 15) is 9.59 Å². The molecule has 3 rings (SSSR count). The lowest BCUT2D eigenvalue weighted by Gasteiger charge is -2.24. The predicted octanol–water partition coefficient (Wildman–Crippen LogP) is 2.17. The molecule has 0 radical (unpaired) electrons. The van der Waals surface area contributed by atoms with E-state index >= 15 is 0 Å². The van der Waals surface area contributed by atoms with Crippen molar-refractivity contribution in [2.75, 3.05) is 23.9 Å². The largest absolute Gasteiger partial charge is 0.491 e. The number of ether oxygens (including phenoxy) is 1. The molecule has 5 nitrogen and oxygen atoms in total.